The fourth-order valence-corrected chi connectivity index (χ4v) is 3.89. The van der Waals surface area contributed by atoms with Gasteiger partial charge in [-0.15, -0.1) is 11.3 Å². The zero-order valence-electron chi connectivity index (χ0n) is 13.0. The molecule has 122 valence electrons. The molecule has 0 fully saturated rings. The summed E-state index contributed by atoms with van der Waals surface area (Å²) in [5, 5.41) is 0.832. The number of carbonyl (C=O) groups excluding carboxylic acids is 1. The number of esters is 1. The van der Waals surface area contributed by atoms with Crippen molar-refractivity contribution in [2.24, 2.45) is 0 Å². The summed E-state index contributed by atoms with van der Waals surface area (Å²) >= 11 is 4.95. The van der Waals surface area contributed by atoms with E-state index in [1.54, 1.807) is 35.6 Å². The molecule has 0 saturated carbocycles. The van der Waals surface area contributed by atoms with Gasteiger partial charge >= 0.3 is 5.97 Å². The summed E-state index contributed by atoms with van der Waals surface area (Å²) in [4.78, 5) is 17.1. The molecule has 0 saturated heterocycles. The number of fused-ring (bicyclic) bond motifs is 1. The normalized spacial score (nSPS) is 10.8. The first kappa shape index (κ1) is 16.0. The minimum absolute atomic E-state index is 0.394. The van der Waals surface area contributed by atoms with Crippen molar-refractivity contribution in [2.45, 2.75) is 0 Å². The van der Waals surface area contributed by atoms with Gasteiger partial charge in [0, 0.05) is 4.47 Å². The van der Waals surface area contributed by atoms with Gasteiger partial charge in [-0.1, -0.05) is 46.3 Å². The Labute approximate surface area is 157 Å². The molecule has 0 bridgehead atoms. The van der Waals surface area contributed by atoms with Gasteiger partial charge in [0.25, 0.3) is 0 Å². The Morgan fingerprint density at radius 1 is 0.960 bits per heavy atom. The van der Waals surface area contributed by atoms with E-state index in [2.05, 4.69) is 20.9 Å². The lowest BCUT2D eigenvalue weighted by atomic mass is 10.2. The Kier molecular flexibility index (Phi) is 4.34. The summed E-state index contributed by atoms with van der Waals surface area (Å²) in [5.41, 5.74) is 2.25. The summed E-state index contributed by atoms with van der Waals surface area (Å²) in [6, 6.07) is 22.6. The predicted octanol–water partition coefficient (Wildman–Crippen LogP) is 5.95. The first-order valence-electron chi connectivity index (χ1n) is 7.63. The molecule has 1 heterocycles. The number of hydrogen-bond acceptors (Lipinski definition) is 4. The maximum absolute atomic E-state index is 12.5. The first-order chi connectivity index (χ1) is 12.2. The third-order valence-corrected chi connectivity index (χ3v) is 5.24. The number of thiazole rings is 1. The summed E-state index contributed by atoms with van der Waals surface area (Å²) < 4.78 is 7.58. The molecular formula is C20H12BrNO2S. The molecule has 0 unspecified atom stereocenters. The van der Waals surface area contributed by atoms with Crippen LogP contribution in [0.4, 0.5) is 0 Å². The molecule has 0 N–H and O–H groups in total. The van der Waals surface area contributed by atoms with E-state index in [1.807, 2.05) is 48.5 Å². The molecule has 0 aliphatic heterocycles. The third kappa shape index (κ3) is 3.34. The molecule has 1 aromatic heterocycles. The molecular weight excluding hydrogens is 398 g/mol. The van der Waals surface area contributed by atoms with E-state index >= 15 is 0 Å². The second kappa shape index (κ2) is 6.78. The van der Waals surface area contributed by atoms with Crippen molar-refractivity contribution in [2.75, 3.05) is 0 Å². The van der Waals surface area contributed by atoms with E-state index in [-0.39, 0.29) is 0 Å². The summed E-state index contributed by atoms with van der Waals surface area (Å²) in [6.07, 6.45) is 0. The highest BCUT2D eigenvalue weighted by Gasteiger charge is 2.15. The van der Waals surface area contributed by atoms with Crippen molar-refractivity contribution in [3.05, 3.63) is 82.8 Å². The van der Waals surface area contributed by atoms with Crippen LogP contribution in [0.3, 0.4) is 0 Å². The van der Waals surface area contributed by atoms with E-state index in [4.69, 9.17) is 4.74 Å². The Morgan fingerprint density at radius 3 is 2.60 bits per heavy atom. The Morgan fingerprint density at radius 2 is 1.76 bits per heavy atom. The third-order valence-electron chi connectivity index (χ3n) is 3.67. The minimum Gasteiger partial charge on any atom is -0.422 e. The lowest BCUT2D eigenvalue weighted by Crippen LogP contribution is -2.09. The van der Waals surface area contributed by atoms with Gasteiger partial charge in [0.1, 0.15) is 10.8 Å². The monoisotopic (exact) mass is 409 g/mol. The minimum atomic E-state index is -0.394. The summed E-state index contributed by atoms with van der Waals surface area (Å²) in [6.45, 7) is 0. The first-order valence-corrected chi connectivity index (χ1v) is 9.24. The standard InChI is InChI=1S/C20H12BrNO2S/c21-14-7-5-6-13(12-14)20(23)24-17-10-3-1-8-15(17)19-22-16-9-2-4-11-18(16)25-19/h1-12H. The predicted molar refractivity (Wildman–Crippen MR) is 104 cm³/mol. The second-order valence-electron chi connectivity index (χ2n) is 5.38. The van der Waals surface area contributed by atoms with Gasteiger partial charge in [-0.25, -0.2) is 9.78 Å². The fourth-order valence-electron chi connectivity index (χ4n) is 2.49. The number of benzene rings is 3. The van der Waals surface area contributed by atoms with Gasteiger partial charge in [-0.05, 0) is 42.5 Å². The highest BCUT2D eigenvalue weighted by atomic mass is 79.9. The number of halogens is 1. The zero-order valence-corrected chi connectivity index (χ0v) is 15.4. The molecule has 0 atom stereocenters. The van der Waals surface area contributed by atoms with Crippen LogP contribution in [0, 0.1) is 0 Å². The summed E-state index contributed by atoms with van der Waals surface area (Å²) in [5.74, 6) is 0.112. The van der Waals surface area contributed by atoms with Gasteiger partial charge in [-0.3, -0.25) is 0 Å². The maximum atomic E-state index is 12.5. The van der Waals surface area contributed by atoms with Crippen LogP contribution in [0.25, 0.3) is 20.8 Å². The van der Waals surface area contributed by atoms with Crippen molar-refractivity contribution < 1.29 is 9.53 Å². The molecule has 3 nitrogen and oxygen atoms in total. The van der Waals surface area contributed by atoms with E-state index in [0.29, 0.717) is 11.3 Å². The van der Waals surface area contributed by atoms with Crippen LogP contribution >= 0.6 is 27.3 Å². The molecule has 0 aliphatic rings. The molecule has 4 aromatic rings. The number of hydrogen-bond donors (Lipinski definition) is 0. The fraction of sp³-hybridized carbons (Fsp3) is 0. The number of rotatable bonds is 3. The Bertz CT molecular complexity index is 1040. The van der Waals surface area contributed by atoms with Crippen LogP contribution in [-0.4, -0.2) is 11.0 Å². The lowest BCUT2D eigenvalue weighted by molar-refractivity contribution is 0.0735. The van der Waals surface area contributed by atoms with E-state index in [0.717, 1.165) is 25.3 Å². The van der Waals surface area contributed by atoms with E-state index in [9.17, 15) is 4.79 Å². The van der Waals surface area contributed by atoms with Crippen molar-refractivity contribution in [3.63, 3.8) is 0 Å². The molecule has 0 radical (unpaired) electrons. The van der Waals surface area contributed by atoms with Crippen LogP contribution in [-0.2, 0) is 0 Å². The number of para-hydroxylation sites is 2. The second-order valence-corrected chi connectivity index (χ2v) is 7.33. The Balaban J connectivity index is 1.70. The quantitative estimate of drug-likeness (QED) is 0.310. The van der Waals surface area contributed by atoms with Gasteiger partial charge < -0.3 is 4.74 Å². The topological polar surface area (TPSA) is 39.2 Å². The smallest absolute Gasteiger partial charge is 0.343 e. The molecule has 25 heavy (non-hydrogen) atoms. The van der Waals surface area contributed by atoms with Crippen molar-refractivity contribution in [1.82, 2.24) is 4.98 Å². The average Bonchev–Trinajstić information content (AvgIpc) is 3.06. The van der Waals surface area contributed by atoms with Crippen LogP contribution < -0.4 is 4.74 Å². The molecule has 5 heteroatoms. The van der Waals surface area contributed by atoms with Gasteiger partial charge in [0.05, 0.1) is 21.3 Å². The van der Waals surface area contributed by atoms with Crippen LogP contribution in [0.15, 0.2) is 77.3 Å². The van der Waals surface area contributed by atoms with Crippen LogP contribution in [0.1, 0.15) is 10.4 Å². The van der Waals surface area contributed by atoms with Crippen LogP contribution in [0.5, 0.6) is 5.75 Å². The van der Waals surface area contributed by atoms with Gasteiger partial charge in [0.15, 0.2) is 0 Å². The largest absolute Gasteiger partial charge is 0.422 e. The highest BCUT2D eigenvalue weighted by Crippen LogP contribution is 2.35. The highest BCUT2D eigenvalue weighted by molar-refractivity contribution is 9.10. The van der Waals surface area contributed by atoms with Gasteiger partial charge in [-0.2, -0.15) is 0 Å². The number of ether oxygens (including phenoxy) is 1. The average molecular weight is 410 g/mol. The maximum Gasteiger partial charge on any atom is 0.343 e. The lowest BCUT2D eigenvalue weighted by Gasteiger charge is -2.08. The van der Waals surface area contributed by atoms with Crippen molar-refractivity contribution in [3.8, 4) is 16.3 Å². The molecule has 3 aromatic carbocycles. The molecule has 0 amide bonds. The van der Waals surface area contributed by atoms with Crippen LogP contribution in [0.2, 0.25) is 0 Å². The summed E-state index contributed by atoms with van der Waals surface area (Å²) in [7, 11) is 0. The number of carbonyl (C=O) groups is 1. The zero-order chi connectivity index (χ0) is 17.2. The van der Waals surface area contributed by atoms with E-state index < -0.39 is 5.97 Å². The van der Waals surface area contributed by atoms with Crippen molar-refractivity contribution >= 4 is 43.5 Å². The molecule has 4 rings (SSSR count). The van der Waals surface area contributed by atoms with E-state index in [1.165, 1.54) is 0 Å². The number of aromatic nitrogens is 1. The molecule has 0 spiro atoms. The van der Waals surface area contributed by atoms with Crippen molar-refractivity contribution in [1.29, 1.82) is 0 Å². The van der Waals surface area contributed by atoms with Gasteiger partial charge in [0.2, 0.25) is 0 Å². The molecule has 0 aliphatic carbocycles. The number of nitrogens with zero attached hydrogens (tertiary/aromatic N) is 1. The Hall–Kier alpha value is -2.50. The SMILES string of the molecule is O=C(Oc1ccccc1-c1nc2ccccc2s1)c1cccc(Br)c1.